The van der Waals surface area contributed by atoms with E-state index in [1.807, 2.05) is 48.5 Å². The van der Waals surface area contributed by atoms with Gasteiger partial charge in [-0.1, -0.05) is 35.9 Å². The lowest BCUT2D eigenvalue weighted by Gasteiger charge is -2.23. The Morgan fingerprint density at radius 2 is 1.97 bits per heavy atom. The van der Waals surface area contributed by atoms with Gasteiger partial charge in [-0.2, -0.15) is 0 Å². The zero-order valence-electron chi connectivity index (χ0n) is 16.5. The Labute approximate surface area is 195 Å². The Bertz CT molecular complexity index is 1100. The van der Waals surface area contributed by atoms with Gasteiger partial charge in [-0.05, 0) is 89.1 Å². The molecule has 4 nitrogen and oxygen atoms in total. The van der Waals surface area contributed by atoms with Gasteiger partial charge in [-0.15, -0.1) is 0 Å². The number of amides is 1. The Balaban J connectivity index is 1.67. The molecule has 2 N–H and O–H groups in total. The quantitative estimate of drug-likeness (QED) is 0.437. The van der Waals surface area contributed by atoms with Crippen LogP contribution in [0.25, 0.3) is 0 Å². The van der Waals surface area contributed by atoms with E-state index in [0.717, 1.165) is 45.5 Å². The molecule has 1 aliphatic rings. The molecule has 30 heavy (non-hydrogen) atoms. The molecule has 0 aromatic heterocycles. The number of hydrogen-bond donors (Lipinski definition) is 2. The fraction of sp³-hybridized carbons (Fsp3) is 0.208. The molecule has 0 bridgehead atoms. The normalized spacial score (nSPS) is 16.6. The molecule has 0 fully saturated rings. The van der Waals surface area contributed by atoms with Crippen molar-refractivity contribution in [1.29, 1.82) is 0 Å². The van der Waals surface area contributed by atoms with E-state index < -0.39 is 0 Å². The van der Waals surface area contributed by atoms with Crippen molar-refractivity contribution in [3.8, 4) is 5.75 Å². The lowest BCUT2D eigenvalue weighted by atomic mass is 9.87. The summed E-state index contributed by atoms with van der Waals surface area (Å²) >= 11 is 8.34. The number of nitrogens with one attached hydrogen (secondary N) is 1. The molecule has 1 unspecified atom stereocenters. The molecule has 0 radical (unpaired) electrons. The average Bonchev–Trinajstić information content (AvgIpc) is 2.88. The van der Waals surface area contributed by atoms with Crippen molar-refractivity contribution in [2.24, 2.45) is 0 Å². The number of likely N-dealkylation sites (N-methyl/N-ethyl adjacent to an activating group) is 1. The minimum Gasteiger partial charge on any atom is -0.506 e. The fourth-order valence-electron chi connectivity index (χ4n) is 3.93. The molecule has 0 spiro atoms. The highest BCUT2D eigenvalue weighted by molar-refractivity contribution is 14.1. The van der Waals surface area contributed by atoms with Crippen LogP contribution >= 0.6 is 34.2 Å². The number of carbonyl (C=O) groups excluding carboxylic acids is 1. The smallest absolute Gasteiger partial charge is 0.256 e. The van der Waals surface area contributed by atoms with Gasteiger partial charge in [-0.3, -0.25) is 4.79 Å². The standard InChI is InChI=1S/C24H22ClIN2O2/c1-28-10-9-16-12-21(25)23(29)13-19(16)20(14-28)15-5-4-6-17(11-15)27-24(30)18-7-2-3-8-22(18)26/h2-8,11-13,20,29H,9-10,14H2,1H3,(H,27,30). The molecule has 1 heterocycles. The highest BCUT2D eigenvalue weighted by atomic mass is 127. The summed E-state index contributed by atoms with van der Waals surface area (Å²) in [6.07, 6.45) is 0.880. The van der Waals surface area contributed by atoms with Gasteiger partial charge >= 0.3 is 0 Å². The van der Waals surface area contributed by atoms with Crippen LogP contribution in [0.2, 0.25) is 5.02 Å². The molecular weight excluding hydrogens is 511 g/mol. The van der Waals surface area contributed by atoms with Crippen LogP contribution in [0.3, 0.4) is 0 Å². The molecule has 0 saturated carbocycles. The maximum absolute atomic E-state index is 12.7. The SMILES string of the molecule is CN1CCc2cc(Cl)c(O)cc2C(c2cccc(NC(=O)c3ccccc3I)c2)C1. The van der Waals surface area contributed by atoms with E-state index in [1.165, 1.54) is 0 Å². The van der Waals surface area contributed by atoms with E-state index in [4.69, 9.17) is 11.6 Å². The number of aromatic hydroxyl groups is 1. The van der Waals surface area contributed by atoms with Gasteiger partial charge in [0.1, 0.15) is 5.75 Å². The third kappa shape index (κ3) is 4.48. The molecule has 1 atom stereocenters. The van der Waals surface area contributed by atoms with E-state index >= 15 is 0 Å². The Morgan fingerprint density at radius 3 is 2.77 bits per heavy atom. The van der Waals surface area contributed by atoms with Crippen LogP contribution in [0, 0.1) is 3.57 Å². The van der Waals surface area contributed by atoms with Gasteiger partial charge in [0, 0.05) is 28.3 Å². The van der Waals surface area contributed by atoms with Crippen molar-refractivity contribution in [2.75, 3.05) is 25.5 Å². The van der Waals surface area contributed by atoms with Crippen LogP contribution in [-0.2, 0) is 6.42 Å². The zero-order valence-corrected chi connectivity index (χ0v) is 19.4. The van der Waals surface area contributed by atoms with Crippen molar-refractivity contribution in [3.63, 3.8) is 0 Å². The summed E-state index contributed by atoms with van der Waals surface area (Å²) in [6, 6.07) is 19.1. The van der Waals surface area contributed by atoms with Gasteiger partial charge in [0.25, 0.3) is 5.91 Å². The molecule has 4 rings (SSSR count). The minimum absolute atomic E-state index is 0.0735. The van der Waals surface area contributed by atoms with Crippen LogP contribution in [0.15, 0.2) is 60.7 Å². The number of fused-ring (bicyclic) bond motifs is 1. The van der Waals surface area contributed by atoms with Crippen LogP contribution in [0.1, 0.15) is 33.0 Å². The van der Waals surface area contributed by atoms with E-state index in [-0.39, 0.29) is 17.6 Å². The number of halogens is 2. The molecular formula is C24H22ClIN2O2. The zero-order chi connectivity index (χ0) is 21.3. The maximum atomic E-state index is 12.7. The molecule has 154 valence electrons. The van der Waals surface area contributed by atoms with Crippen molar-refractivity contribution in [2.45, 2.75) is 12.3 Å². The maximum Gasteiger partial charge on any atom is 0.256 e. The summed E-state index contributed by atoms with van der Waals surface area (Å²) < 4.78 is 0.912. The molecule has 0 saturated heterocycles. The average molecular weight is 533 g/mol. The number of nitrogens with zero attached hydrogens (tertiary/aromatic N) is 1. The number of anilines is 1. The monoisotopic (exact) mass is 532 g/mol. The molecule has 1 amide bonds. The Morgan fingerprint density at radius 1 is 1.17 bits per heavy atom. The summed E-state index contributed by atoms with van der Waals surface area (Å²) in [5, 5.41) is 13.6. The van der Waals surface area contributed by atoms with Crippen molar-refractivity contribution >= 4 is 45.8 Å². The van der Waals surface area contributed by atoms with Crippen molar-refractivity contribution in [3.05, 3.63) is 91.5 Å². The summed E-state index contributed by atoms with van der Waals surface area (Å²) in [7, 11) is 2.10. The first kappa shape index (κ1) is 21.2. The second kappa shape index (κ2) is 8.96. The fourth-order valence-corrected chi connectivity index (χ4v) is 4.75. The molecule has 3 aromatic carbocycles. The van der Waals surface area contributed by atoms with E-state index in [9.17, 15) is 9.90 Å². The first-order chi connectivity index (χ1) is 14.4. The highest BCUT2D eigenvalue weighted by Crippen LogP contribution is 2.37. The third-order valence-corrected chi connectivity index (χ3v) is 6.75. The number of phenolic OH excluding ortho intramolecular Hbond substituents is 1. The summed E-state index contributed by atoms with van der Waals surface area (Å²) in [5.74, 6) is 0.0532. The lowest BCUT2D eigenvalue weighted by molar-refractivity contribution is 0.102. The number of carbonyl (C=O) groups is 1. The van der Waals surface area contributed by atoms with E-state index in [1.54, 1.807) is 6.07 Å². The Kier molecular flexibility index (Phi) is 6.32. The molecule has 0 aliphatic carbocycles. The van der Waals surface area contributed by atoms with Gasteiger partial charge < -0.3 is 15.3 Å². The van der Waals surface area contributed by atoms with Crippen LogP contribution in [0.4, 0.5) is 5.69 Å². The first-order valence-electron chi connectivity index (χ1n) is 9.78. The highest BCUT2D eigenvalue weighted by Gasteiger charge is 2.25. The van der Waals surface area contributed by atoms with Crippen LogP contribution < -0.4 is 5.32 Å². The topological polar surface area (TPSA) is 52.6 Å². The van der Waals surface area contributed by atoms with Crippen molar-refractivity contribution in [1.82, 2.24) is 4.90 Å². The Hall–Kier alpha value is -2.09. The number of rotatable bonds is 3. The second-order valence-electron chi connectivity index (χ2n) is 7.63. The lowest BCUT2D eigenvalue weighted by Crippen LogP contribution is -2.24. The largest absolute Gasteiger partial charge is 0.506 e. The minimum atomic E-state index is -0.125. The first-order valence-corrected chi connectivity index (χ1v) is 11.2. The number of benzene rings is 3. The van der Waals surface area contributed by atoms with Gasteiger partial charge in [0.05, 0.1) is 10.6 Å². The van der Waals surface area contributed by atoms with Crippen molar-refractivity contribution < 1.29 is 9.90 Å². The molecule has 1 aliphatic heterocycles. The number of hydrogen-bond acceptors (Lipinski definition) is 3. The van der Waals surface area contributed by atoms with Crippen LogP contribution in [0.5, 0.6) is 5.75 Å². The summed E-state index contributed by atoms with van der Waals surface area (Å²) in [4.78, 5) is 15.0. The van der Waals surface area contributed by atoms with Gasteiger partial charge in [-0.25, -0.2) is 0 Å². The predicted octanol–water partition coefficient (Wildman–Crippen LogP) is 5.52. The molecule has 3 aromatic rings. The van der Waals surface area contributed by atoms with Gasteiger partial charge in [0.2, 0.25) is 0 Å². The third-order valence-electron chi connectivity index (χ3n) is 5.51. The number of phenols is 1. The molecule has 6 heteroatoms. The summed E-state index contributed by atoms with van der Waals surface area (Å²) in [5.41, 5.74) is 4.74. The summed E-state index contributed by atoms with van der Waals surface area (Å²) in [6.45, 7) is 1.75. The van der Waals surface area contributed by atoms with Crippen LogP contribution in [-0.4, -0.2) is 36.1 Å². The van der Waals surface area contributed by atoms with E-state index in [2.05, 4.69) is 45.9 Å². The van der Waals surface area contributed by atoms with Gasteiger partial charge in [0.15, 0.2) is 0 Å². The second-order valence-corrected chi connectivity index (χ2v) is 9.20. The van der Waals surface area contributed by atoms with E-state index in [0.29, 0.717) is 10.6 Å². The predicted molar refractivity (Wildman–Crippen MR) is 130 cm³/mol.